The highest BCUT2D eigenvalue weighted by molar-refractivity contribution is 9.09. The van der Waals surface area contributed by atoms with Gasteiger partial charge in [-0.3, -0.25) is 0 Å². The van der Waals surface area contributed by atoms with E-state index in [1.807, 2.05) is 0 Å². The number of rotatable bonds is 16. The van der Waals surface area contributed by atoms with Gasteiger partial charge in [0.2, 0.25) is 0 Å². The summed E-state index contributed by atoms with van der Waals surface area (Å²) in [5.41, 5.74) is 1.23. The van der Waals surface area contributed by atoms with Crippen molar-refractivity contribution in [2.75, 3.05) is 18.5 Å². The highest BCUT2D eigenvalue weighted by Crippen LogP contribution is 2.30. The van der Waals surface area contributed by atoms with Crippen LogP contribution in [0.4, 0.5) is 0 Å². The quantitative estimate of drug-likeness (QED) is 0.178. The molecule has 2 aromatic rings. The summed E-state index contributed by atoms with van der Waals surface area (Å²) in [6, 6.07) is 10.8. The van der Waals surface area contributed by atoms with Gasteiger partial charge in [0, 0.05) is 5.33 Å². The smallest absolute Gasteiger partial charge is 0.122 e. The van der Waals surface area contributed by atoms with Gasteiger partial charge in [0.15, 0.2) is 0 Å². The number of alkyl halides is 1. The number of benzene rings is 2. The van der Waals surface area contributed by atoms with E-state index in [0.29, 0.717) is 5.92 Å². The van der Waals surface area contributed by atoms with Gasteiger partial charge in [-0.1, -0.05) is 86.9 Å². The number of unbranched alkanes of at least 4 members (excludes halogenated alkanes) is 6. The van der Waals surface area contributed by atoms with Crippen molar-refractivity contribution in [3.05, 3.63) is 35.9 Å². The van der Waals surface area contributed by atoms with Crippen LogP contribution in [0.15, 0.2) is 30.3 Å². The zero-order valence-electron chi connectivity index (χ0n) is 19.4. The molecule has 0 saturated heterocycles. The van der Waals surface area contributed by atoms with Crippen LogP contribution in [0.5, 0.6) is 11.5 Å². The van der Waals surface area contributed by atoms with Gasteiger partial charge in [-0.25, -0.2) is 0 Å². The van der Waals surface area contributed by atoms with Gasteiger partial charge in [-0.05, 0) is 66.6 Å². The van der Waals surface area contributed by atoms with E-state index in [1.54, 1.807) is 0 Å². The highest BCUT2D eigenvalue weighted by Gasteiger charge is 2.09. The van der Waals surface area contributed by atoms with E-state index in [-0.39, 0.29) is 0 Å². The van der Waals surface area contributed by atoms with Gasteiger partial charge in [0.1, 0.15) is 11.5 Å². The molecule has 30 heavy (non-hydrogen) atoms. The Balaban J connectivity index is 1.85. The molecule has 0 saturated carbocycles. The first kappa shape index (κ1) is 25.0. The molecule has 0 aromatic heterocycles. The van der Waals surface area contributed by atoms with Crippen LogP contribution in [-0.2, 0) is 0 Å². The molecule has 0 radical (unpaired) electrons. The van der Waals surface area contributed by atoms with Crippen molar-refractivity contribution >= 4 is 26.7 Å². The van der Waals surface area contributed by atoms with E-state index < -0.39 is 0 Å². The van der Waals surface area contributed by atoms with Gasteiger partial charge in [-0.15, -0.1) is 0 Å². The standard InChI is InChI=1S/C27H41BrO2/c1-4-6-13-23(5-2)21-30-25-15-16-26-22(3)27(17-14-24(26)20-25)29-19-12-10-8-7-9-11-18-28/h14-17,20,23H,4-13,18-19,21H2,1-3H3. The Labute approximate surface area is 192 Å². The van der Waals surface area contributed by atoms with Crippen molar-refractivity contribution in [2.24, 2.45) is 5.92 Å². The van der Waals surface area contributed by atoms with Crippen molar-refractivity contribution in [3.63, 3.8) is 0 Å². The predicted octanol–water partition coefficient (Wildman–Crippen LogP) is 8.86. The molecule has 0 amide bonds. The minimum atomic E-state index is 0.655. The Morgan fingerprint density at radius 1 is 0.867 bits per heavy atom. The van der Waals surface area contributed by atoms with Gasteiger partial charge in [0.25, 0.3) is 0 Å². The molecule has 2 rings (SSSR count). The molecule has 2 nitrogen and oxygen atoms in total. The summed E-state index contributed by atoms with van der Waals surface area (Å²) in [4.78, 5) is 0. The second kappa shape index (κ2) is 14.7. The van der Waals surface area contributed by atoms with E-state index >= 15 is 0 Å². The third-order valence-electron chi connectivity index (χ3n) is 6.03. The van der Waals surface area contributed by atoms with Crippen molar-refractivity contribution in [1.82, 2.24) is 0 Å². The first-order chi connectivity index (χ1) is 14.7. The van der Waals surface area contributed by atoms with Gasteiger partial charge >= 0.3 is 0 Å². The number of aryl methyl sites for hydroxylation is 1. The molecule has 1 unspecified atom stereocenters. The van der Waals surface area contributed by atoms with E-state index in [4.69, 9.17) is 9.47 Å². The molecule has 0 fully saturated rings. The summed E-state index contributed by atoms with van der Waals surface area (Å²) in [5, 5.41) is 3.61. The molecule has 0 spiro atoms. The number of hydrogen-bond acceptors (Lipinski definition) is 2. The minimum Gasteiger partial charge on any atom is -0.493 e. The monoisotopic (exact) mass is 476 g/mol. The van der Waals surface area contributed by atoms with E-state index in [9.17, 15) is 0 Å². The summed E-state index contributed by atoms with van der Waals surface area (Å²) >= 11 is 3.49. The molecule has 168 valence electrons. The molecule has 0 aliphatic heterocycles. The first-order valence-electron chi connectivity index (χ1n) is 12.0. The third-order valence-corrected chi connectivity index (χ3v) is 6.59. The summed E-state index contributed by atoms with van der Waals surface area (Å²) in [7, 11) is 0. The Bertz CT molecular complexity index is 728. The molecule has 0 heterocycles. The van der Waals surface area contributed by atoms with E-state index in [1.165, 1.54) is 74.1 Å². The predicted molar refractivity (Wildman–Crippen MR) is 134 cm³/mol. The molecular formula is C27H41BrO2. The Morgan fingerprint density at radius 3 is 2.37 bits per heavy atom. The third kappa shape index (κ3) is 8.49. The zero-order valence-corrected chi connectivity index (χ0v) is 20.9. The molecule has 1 atom stereocenters. The van der Waals surface area contributed by atoms with Crippen LogP contribution in [0.1, 0.15) is 83.6 Å². The van der Waals surface area contributed by atoms with E-state index in [0.717, 1.165) is 36.5 Å². The fraction of sp³-hybridized carbons (Fsp3) is 0.630. The summed E-state index contributed by atoms with van der Waals surface area (Å²) in [6.45, 7) is 8.31. The molecule has 0 N–H and O–H groups in total. The molecule has 2 aromatic carbocycles. The van der Waals surface area contributed by atoms with Crippen LogP contribution in [-0.4, -0.2) is 18.5 Å². The number of hydrogen-bond donors (Lipinski definition) is 0. The maximum absolute atomic E-state index is 6.13. The van der Waals surface area contributed by atoms with Gasteiger partial charge < -0.3 is 9.47 Å². The maximum Gasteiger partial charge on any atom is 0.122 e. The maximum atomic E-state index is 6.13. The van der Waals surface area contributed by atoms with Gasteiger partial charge in [-0.2, -0.15) is 0 Å². The average molecular weight is 478 g/mol. The summed E-state index contributed by atoms with van der Waals surface area (Å²) in [5.74, 6) is 2.65. The summed E-state index contributed by atoms with van der Waals surface area (Å²) in [6.07, 6.45) is 12.7. The lowest BCUT2D eigenvalue weighted by Gasteiger charge is -2.16. The largest absolute Gasteiger partial charge is 0.493 e. The molecular weight excluding hydrogens is 436 g/mol. The molecule has 0 aliphatic carbocycles. The second-order valence-electron chi connectivity index (χ2n) is 8.46. The first-order valence-corrected chi connectivity index (χ1v) is 13.2. The van der Waals surface area contributed by atoms with E-state index in [2.05, 4.69) is 67.0 Å². The van der Waals surface area contributed by atoms with Gasteiger partial charge in [0.05, 0.1) is 13.2 Å². The average Bonchev–Trinajstić information content (AvgIpc) is 2.77. The number of halogens is 1. The SMILES string of the molecule is CCCCC(CC)COc1ccc2c(C)c(OCCCCCCCCBr)ccc2c1. The van der Waals surface area contributed by atoms with Crippen LogP contribution in [0.25, 0.3) is 10.8 Å². The number of fused-ring (bicyclic) bond motifs is 1. The summed E-state index contributed by atoms with van der Waals surface area (Å²) < 4.78 is 12.2. The zero-order chi connectivity index (χ0) is 21.6. The van der Waals surface area contributed by atoms with Crippen molar-refractivity contribution in [1.29, 1.82) is 0 Å². The Morgan fingerprint density at radius 2 is 1.63 bits per heavy atom. The molecule has 3 heteroatoms. The van der Waals surface area contributed by atoms with Crippen LogP contribution in [0.2, 0.25) is 0 Å². The van der Waals surface area contributed by atoms with Crippen molar-refractivity contribution in [3.8, 4) is 11.5 Å². The number of ether oxygens (including phenoxy) is 2. The lowest BCUT2D eigenvalue weighted by molar-refractivity contribution is 0.233. The fourth-order valence-electron chi connectivity index (χ4n) is 3.89. The Hall–Kier alpha value is -1.22. The normalized spacial score (nSPS) is 12.3. The minimum absolute atomic E-state index is 0.655. The highest BCUT2D eigenvalue weighted by atomic mass is 79.9. The van der Waals surface area contributed by atoms with Crippen LogP contribution in [0, 0.1) is 12.8 Å². The lowest BCUT2D eigenvalue weighted by Crippen LogP contribution is -2.11. The van der Waals surface area contributed by atoms with Crippen molar-refractivity contribution in [2.45, 2.75) is 85.0 Å². The van der Waals surface area contributed by atoms with Crippen molar-refractivity contribution < 1.29 is 9.47 Å². The topological polar surface area (TPSA) is 18.5 Å². The Kier molecular flexibility index (Phi) is 12.3. The van der Waals surface area contributed by atoms with Crippen LogP contribution < -0.4 is 9.47 Å². The van der Waals surface area contributed by atoms with Crippen LogP contribution >= 0.6 is 15.9 Å². The molecule has 0 bridgehead atoms. The molecule has 0 aliphatic rings. The van der Waals surface area contributed by atoms with Crippen LogP contribution in [0.3, 0.4) is 0 Å². The fourth-order valence-corrected chi connectivity index (χ4v) is 4.28. The lowest BCUT2D eigenvalue weighted by atomic mass is 10.0. The second-order valence-corrected chi connectivity index (χ2v) is 9.25.